The predicted octanol–water partition coefficient (Wildman–Crippen LogP) is 0.0349. The molecule has 7 nitrogen and oxygen atoms in total. The molecule has 2 heterocycles. The zero-order valence-electron chi connectivity index (χ0n) is 9.03. The van der Waals surface area contributed by atoms with Crippen molar-refractivity contribution in [1.82, 2.24) is 20.0 Å². The van der Waals surface area contributed by atoms with Crippen LogP contribution < -0.4 is 4.74 Å². The number of aliphatic hydroxyl groups is 1. The smallest absolute Gasteiger partial charge is 0.158 e. The van der Waals surface area contributed by atoms with Crippen molar-refractivity contribution in [2.75, 3.05) is 7.11 Å². The van der Waals surface area contributed by atoms with Gasteiger partial charge in [0.15, 0.2) is 5.82 Å². The van der Waals surface area contributed by atoms with Gasteiger partial charge in [0.05, 0.1) is 26.1 Å². The highest BCUT2D eigenvalue weighted by molar-refractivity contribution is 5.45. The molecule has 0 spiro atoms. The van der Waals surface area contributed by atoms with Gasteiger partial charge in [0.25, 0.3) is 0 Å². The van der Waals surface area contributed by atoms with Crippen molar-refractivity contribution >= 4 is 0 Å². The van der Waals surface area contributed by atoms with Gasteiger partial charge >= 0.3 is 0 Å². The molecule has 0 saturated carbocycles. The molecule has 86 valence electrons. The van der Waals surface area contributed by atoms with Gasteiger partial charge in [-0.05, 0) is 0 Å². The Labute approximate surface area is 96.9 Å². The van der Waals surface area contributed by atoms with Gasteiger partial charge in [0, 0.05) is 6.07 Å². The molecule has 0 unspecified atom stereocenters. The molecule has 7 heteroatoms. The number of methoxy groups -OCH3 is 1. The van der Waals surface area contributed by atoms with Crippen molar-refractivity contribution in [2.24, 2.45) is 0 Å². The normalized spacial score (nSPS) is 9.94. The molecule has 0 radical (unpaired) electrons. The summed E-state index contributed by atoms with van der Waals surface area (Å²) < 4.78 is 6.46. The van der Waals surface area contributed by atoms with Gasteiger partial charge in [-0.15, -0.1) is 5.10 Å². The van der Waals surface area contributed by atoms with Crippen LogP contribution >= 0.6 is 0 Å². The SMILES string of the molecule is COc1cc(-n2cc(CO)nn2)ncc1C#N. The summed E-state index contributed by atoms with van der Waals surface area (Å²) in [5, 5.41) is 25.2. The molecule has 0 fully saturated rings. The van der Waals surface area contributed by atoms with Crippen LogP contribution in [0.3, 0.4) is 0 Å². The Morgan fingerprint density at radius 3 is 3.00 bits per heavy atom. The lowest BCUT2D eigenvalue weighted by atomic mass is 10.3. The van der Waals surface area contributed by atoms with Crippen LogP contribution in [-0.2, 0) is 6.61 Å². The number of pyridine rings is 1. The lowest BCUT2D eigenvalue weighted by Gasteiger charge is -2.04. The highest BCUT2D eigenvalue weighted by atomic mass is 16.5. The Kier molecular flexibility index (Phi) is 2.98. The highest BCUT2D eigenvalue weighted by Gasteiger charge is 2.08. The highest BCUT2D eigenvalue weighted by Crippen LogP contribution is 2.18. The van der Waals surface area contributed by atoms with E-state index in [0.29, 0.717) is 22.8 Å². The van der Waals surface area contributed by atoms with Crippen molar-refractivity contribution in [1.29, 1.82) is 5.26 Å². The van der Waals surface area contributed by atoms with E-state index in [2.05, 4.69) is 15.3 Å². The van der Waals surface area contributed by atoms with Gasteiger partial charge in [-0.1, -0.05) is 5.21 Å². The van der Waals surface area contributed by atoms with Crippen LogP contribution in [0.4, 0.5) is 0 Å². The van der Waals surface area contributed by atoms with Gasteiger partial charge in [-0.3, -0.25) is 0 Å². The summed E-state index contributed by atoms with van der Waals surface area (Å²) in [6.45, 7) is -0.187. The Bertz CT molecular complexity index is 572. The van der Waals surface area contributed by atoms with E-state index in [9.17, 15) is 0 Å². The van der Waals surface area contributed by atoms with Crippen LogP contribution in [-0.4, -0.2) is 32.2 Å². The molecule has 0 aliphatic rings. The number of hydrogen-bond donors (Lipinski definition) is 1. The molecule has 0 aliphatic carbocycles. The summed E-state index contributed by atoms with van der Waals surface area (Å²) >= 11 is 0. The topological polar surface area (TPSA) is 96.8 Å². The summed E-state index contributed by atoms with van der Waals surface area (Å²) in [5.74, 6) is 0.881. The number of hydrogen-bond acceptors (Lipinski definition) is 6. The monoisotopic (exact) mass is 231 g/mol. The zero-order valence-corrected chi connectivity index (χ0v) is 9.03. The van der Waals surface area contributed by atoms with E-state index < -0.39 is 0 Å². The Balaban J connectivity index is 2.43. The minimum atomic E-state index is -0.187. The number of rotatable bonds is 3. The molecule has 1 N–H and O–H groups in total. The second-order valence-electron chi connectivity index (χ2n) is 3.17. The maximum absolute atomic E-state index is 8.88. The van der Waals surface area contributed by atoms with Gasteiger partial charge in [-0.25, -0.2) is 9.67 Å². The Morgan fingerprint density at radius 2 is 2.41 bits per heavy atom. The molecule has 0 saturated heterocycles. The minimum absolute atomic E-state index is 0.187. The molecule has 0 aliphatic heterocycles. The molecule has 0 atom stereocenters. The molecular formula is C10H9N5O2. The molecule has 2 rings (SSSR count). The molecule has 0 amide bonds. The van der Waals surface area contributed by atoms with Crippen LogP contribution in [0.25, 0.3) is 5.82 Å². The summed E-state index contributed by atoms with van der Waals surface area (Å²) in [4.78, 5) is 4.05. The molecular weight excluding hydrogens is 222 g/mol. The summed E-state index contributed by atoms with van der Waals surface area (Å²) in [7, 11) is 1.47. The minimum Gasteiger partial charge on any atom is -0.495 e. The van der Waals surface area contributed by atoms with Gasteiger partial charge in [0.2, 0.25) is 0 Å². The van der Waals surface area contributed by atoms with E-state index in [-0.39, 0.29) is 6.61 Å². The number of nitriles is 1. The lowest BCUT2D eigenvalue weighted by Crippen LogP contribution is -2.00. The van der Waals surface area contributed by atoms with Crippen LogP contribution in [0.2, 0.25) is 0 Å². The van der Waals surface area contributed by atoms with Crippen molar-refractivity contribution in [2.45, 2.75) is 6.61 Å². The van der Waals surface area contributed by atoms with Crippen molar-refractivity contribution in [3.8, 4) is 17.6 Å². The van der Waals surface area contributed by atoms with Gasteiger partial charge < -0.3 is 9.84 Å². The zero-order chi connectivity index (χ0) is 12.3. The average molecular weight is 231 g/mol. The molecule has 0 bridgehead atoms. The van der Waals surface area contributed by atoms with E-state index in [1.165, 1.54) is 18.0 Å². The number of aromatic nitrogens is 4. The second-order valence-corrected chi connectivity index (χ2v) is 3.17. The maximum Gasteiger partial charge on any atom is 0.158 e. The van der Waals surface area contributed by atoms with E-state index in [1.54, 1.807) is 12.3 Å². The van der Waals surface area contributed by atoms with E-state index in [1.807, 2.05) is 6.07 Å². The molecule has 2 aromatic rings. The first-order chi connectivity index (χ1) is 8.28. The van der Waals surface area contributed by atoms with Crippen molar-refractivity contribution in [3.63, 3.8) is 0 Å². The number of ether oxygens (including phenoxy) is 1. The van der Waals surface area contributed by atoms with Crippen LogP contribution in [0.15, 0.2) is 18.5 Å². The lowest BCUT2D eigenvalue weighted by molar-refractivity contribution is 0.276. The first kappa shape index (κ1) is 11.0. The van der Waals surface area contributed by atoms with Crippen LogP contribution in [0, 0.1) is 11.3 Å². The van der Waals surface area contributed by atoms with Gasteiger partial charge in [0.1, 0.15) is 23.1 Å². The fraction of sp³-hybridized carbons (Fsp3) is 0.200. The average Bonchev–Trinajstić information content (AvgIpc) is 2.86. The standard InChI is InChI=1S/C10H9N5O2/c1-17-9-2-10(12-4-7(9)3-11)15-5-8(6-16)13-14-15/h2,4-5,16H,6H2,1H3. The first-order valence-electron chi connectivity index (χ1n) is 4.75. The Hall–Kier alpha value is -2.46. The van der Waals surface area contributed by atoms with Crippen LogP contribution in [0.5, 0.6) is 5.75 Å². The van der Waals surface area contributed by atoms with Crippen molar-refractivity contribution in [3.05, 3.63) is 29.7 Å². The number of aliphatic hydroxyl groups excluding tert-OH is 1. The summed E-state index contributed by atoms with van der Waals surface area (Å²) in [6, 6.07) is 3.55. The third-order valence-electron chi connectivity index (χ3n) is 2.13. The fourth-order valence-corrected chi connectivity index (χ4v) is 1.29. The second kappa shape index (κ2) is 4.59. The van der Waals surface area contributed by atoms with E-state index in [4.69, 9.17) is 15.1 Å². The third kappa shape index (κ3) is 2.07. The van der Waals surface area contributed by atoms with Crippen molar-refractivity contribution < 1.29 is 9.84 Å². The Morgan fingerprint density at radius 1 is 1.59 bits per heavy atom. The molecule has 0 aromatic carbocycles. The third-order valence-corrected chi connectivity index (χ3v) is 2.13. The largest absolute Gasteiger partial charge is 0.495 e. The van der Waals surface area contributed by atoms with Crippen LogP contribution in [0.1, 0.15) is 11.3 Å². The maximum atomic E-state index is 8.88. The van der Waals surface area contributed by atoms with E-state index in [0.717, 1.165) is 0 Å². The summed E-state index contributed by atoms with van der Waals surface area (Å²) in [5.41, 5.74) is 0.786. The fourth-order valence-electron chi connectivity index (χ4n) is 1.29. The predicted molar refractivity (Wildman–Crippen MR) is 56.3 cm³/mol. The van der Waals surface area contributed by atoms with Gasteiger partial charge in [-0.2, -0.15) is 5.26 Å². The summed E-state index contributed by atoms with van der Waals surface area (Å²) in [6.07, 6.45) is 2.95. The number of nitrogens with zero attached hydrogens (tertiary/aromatic N) is 5. The molecule has 17 heavy (non-hydrogen) atoms. The quantitative estimate of drug-likeness (QED) is 0.800. The first-order valence-corrected chi connectivity index (χ1v) is 4.75. The van der Waals surface area contributed by atoms with E-state index >= 15 is 0 Å². The molecule has 2 aromatic heterocycles.